The van der Waals surface area contributed by atoms with Gasteiger partial charge in [0.2, 0.25) is 0 Å². The van der Waals surface area contributed by atoms with Gasteiger partial charge in [0, 0.05) is 19.3 Å². The Balaban J connectivity index is 1.77. The highest BCUT2D eigenvalue weighted by Gasteiger charge is 2.27. The molecule has 0 radical (unpaired) electrons. The average molecular weight is 433 g/mol. The van der Waals surface area contributed by atoms with Gasteiger partial charge in [0.25, 0.3) is 11.5 Å². The lowest BCUT2D eigenvalue weighted by molar-refractivity contribution is -0.117. The highest BCUT2D eigenvalue weighted by Crippen LogP contribution is 2.23. The lowest BCUT2D eigenvalue weighted by Crippen LogP contribution is -2.46. The van der Waals surface area contributed by atoms with Crippen molar-refractivity contribution in [3.63, 3.8) is 0 Å². The Morgan fingerprint density at radius 3 is 2.75 bits per heavy atom. The summed E-state index contributed by atoms with van der Waals surface area (Å²) >= 11 is 0. The highest BCUT2D eigenvalue weighted by atomic mass is 16.5. The molecule has 4 heterocycles. The number of carbonyl (C=O) groups excluding carboxylic acids is 1. The molecule has 0 aliphatic carbocycles. The van der Waals surface area contributed by atoms with Crippen molar-refractivity contribution in [2.24, 2.45) is 0 Å². The molecular weight excluding hydrogens is 410 g/mol. The van der Waals surface area contributed by atoms with Gasteiger partial charge in [-0.25, -0.2) is 4.98 Å². The number of pyridine rings is 1. The Bertz CT molecular complexity index is 1250. The summed E-state index contributed by atoms with van der Waals surface area (Å²) in [6.45, 7) is 5.11. The van der Waals surface area contributed by atoms with Crippen molar-refractivity contribution >= 4 is 23.4 Å². The molecule has 2 atom stereocenters. The lowest BCUT2D eigenvalue weighted by Gasteiger charge is -2.36. The van der Waals surface area contributed by atoms with Gasteiger partial charge in [-0.3, -0.25) is 14.0 Å². The minimum Gasteiger partial charge on any atom is -0.467 e. The third-order valence-corrected chi connectivity index (χ3v) is 5.13. The number of amides is 1. The molecule has 1 saturated heterocycles. The Hall–Kier alpha value is -3.90. The molecule has 32 heavy (non-hydrogen) atoms. The summed E-state index contributed by atoms with van der Waals surface area (Å²) in [4.78, 5) is 32.6. The summed E-state index contributed by atoms with van der Waals surface area (Å²) in [5, 5.41) is 12.3. The van der Waals surface area contributed by atoms with Gasteiger partial charge in [-0.05, 0) is 44.2 Å². The van der Waals surface area contributed by atoms with Crippen molar-refractivity contribution in [3.05, 3.63) is 70.0 Å². The second-order valence-corrected chi connectivity index (χ2v) is 7.68. The van der Waals surface area contributed by atoms with Crippen LogP contribution in [-0.2, 0) is 16.1 Å². The van der Waals surface area contributed by atoms with Crippen molar-refractivity contribution in [1.29, 1.82) is 5.26 Å². The number of nitrogens with zero attached hydrogens (tertiary/aromatic N) is 4. The summed E-state index contributed by atoms with van der Waals surface area (Å²) in [6, 6.07) is 10.6. The smallest absolute Gasteiger partial charge is 0.267 e. The molecule has 1 N–H and O–H groups in total. The Kier molecular flexibility index (Phi) is 6.05. The van der Waals surface area contributed by atoms with E-state index in [0.717, 1.165) is 0 Å². The van der Waals surface area contributed by atoms with E-state index in [1.54, 1.807) is 36.5 Å². The van der Waals surface area contributed by atoms with Crippen LogP contribution in [0.2, 0.25) is 0 Å². The summed E-state index contributed by atoms with van der Waals surface area (Å²) < 4.78 is 12.4. The van der Waals surface area contributed by atoms with Crippen molar-refractivity contribution in [2.75, 3.05) is 18.0 Å². The third kappa shape index (κ3) is 4.40. The fraction of sp³-hybridized carbons (Fsp3) is 0.304. The van der Waals surface area contributed by atoms with Crippen LogP contribution >= 0.6 is 0 Å². The number of nitrogens with one attached hydrogen (secondary N) is 1. The average Bonchev–Trinajstić information content (AvgIpc) is 3.30. The van der Waals surface area contributed by atoms with Gasteiger partial charge in [0.05, 0.1) is 30.6 Å². The predicted octanol–water partition coefficient (Wildman–Crippen LogP) is 2.12. The van der Waals surface area contributed by atoms with Crippen molar-refractivity contribution < 1.29 is 13.9 Å². The van der Waals surface area contributed by atoms with E-state index < -0.39 is 5.91 Å². The van der Waals surface area contributed by atoms with Crippen molar-refractivity contribution in [2.45, 2.75) is 32.6 Å². The first-order valence-corrected chi connectivity index (χ1v) is 10.3. The van der Waals surface area contributed by atoms with Crippen LogP contribution in [0.3, 0.4) is 0 Å². The number of hydrogen-bond acceptors (Lipinski definition) is 7. The topological polar surface area (TPSA) is 113 Å². The largest absolute Gasteiger partial charge is 0.467 e. The molecule has 1 aliphatic rings. The standard InChI is InChI=1S/C23H23N5O4/c1-15-13-27(14-16(2)32-15)21-19(23(30)28-8-4-3-7-20(28)26-21)10-17(11-24)22(29)25-12-18-6-5-9-31-18/h3-10,15-16H,12-14H2,1-2H3,(H,25,29)/b17-10+/t15-,16-/m1/s1. The predicted molar refractivity (Wildman–Crippen MR) is 118 cm³/mol. The van der Waals surface area contributed by atoms with E-state index in [-0.39, 0.29) is 35.4 Å². The summed E-state index contributed by atoms with van der Waals surface area (Å²) in [6.07, 6.45) is 4.31. The van der Waals surface area contributed by atoms with E-state index in [0.29, 0.717) is 30.3 Å². The normalized spacial score (nSPS) is 19.0. The number of anilines is 1. The van der Waals surface area contributed by atoms with Crippen LogP contribution < -0.4 is 15.8 Å². The fourth-order valence-electron chi connectivity index (χ4n) is 3.78. The van der Waals surface area contributed by atoms with Crippen LogP contribution in [0.15, 0.2) is 57.6 Å². The number of aromatic nitrogens is 2. The van der Waals surface area contributed by atoms with Gasteiger partial charge in [-0.2, -0.15) is 5.26 Å². The molecule has 0 spiro atoms. The molecule has 1 amide bonds. The molecule has 3 aromatic heterocycles. The number of rotatable bonds is 5. The molecule has 0 bridgehead atoms. The molecule has 4 rings (SSSR count). The summed E-state index contributed by atoms with van der Waals surface area (Å²) in [5.74, 6) is 0.381. The van der Waals surface area contributed by atoms with Crippen LogP contribution in [0.1, 0.15) is 25.2 Å². The molecule has 9 nitrogen and oxygen atoms in total. The van der Waals surface area contributed by atoms with Crippen LogP contribution in [0.4, 0.5) is 5.82 Å². The first-order valence-electron chi connectivity index (χ1n) is 10.3. The van der Waals surface area contributed by atoms with Gasteiger partial charge >= 0.3 is 0 Å². The summed E-state index contributed by atoms with van der Waals surface area (Å²) in [7, 11) is 0. The molecule has 1 fully saturated rings. The van der Waals surface area contributed by atoms with Crippen molar-refractivity contribution in [1.82, 2.24) is 14.7 Å². The molecule has 9 heteroatoms. The number of carbonyl (C=O) groups is 1. The monoisotopic (exact) mass is 433 g/mol. The zero-order chi connectivity index (χ0) is 22.7. The van der Waals surface area contributed by atoms with Gasteiger partial charge in [-0.15, -0.1) is 0 Å². The zero-order valence-electron chi connectivity index (χ0n) is 17.8. The maximum absolute atomic E-state index is 13.3. The summed E-state index contributed by atoms with van der Waals surface area (Å²) in [5.41, 5.74) is 0.114. The number of fused-ring (bicyclic) bond motifs is 1. The number of nitriles is 1. The molecule has 3 aromatic rings. The SMILES string of the molecule is C[C@@H]1CN(c2nc3ccccn3c(=O)c2/C=C(\C#N)C(=O)NCc2ccco2)C[C@@H](C)O1. The molecule has 0 saturated carbocycles. The Labute approximate surface area is 184 Å². The molecule has 164 valence electrons. The van der Waals surface area contributed by atoms with E-state index in [9.17, 15) is 14.9 Å². The highest BCUT2D eigenvalue weighted by molar-refractivity contribution is 6.02. The minimum atomic E-state index is -0.601. The van der Waals surface area contributed by atoms with Crippen molar-refractivity contribution in [3.8, 4) is 6.07 Å². The number of hydrogen-bond donors (Lipinski definition) is 1. The third-order valence-electron chi connectivity index (χ3n) is 5.13. The van der Waals surface area contributed by atoms with E-state index in [1.165, 1.54) is 16.7 Å². The molecule has 1 aliphatic heterocycles. The second kappa shape index (κ2) is 9.08. The van der Waals surface area contributed by atoms with E-state index in [4.69, 9.17) is 14.1 Å². The first-order chi connectivity index (χ1) is 15.5. The second-order valence-electron chi connectivity index (χ2n) is 7.68. The maximum atomic E-state index is 13.3. The zero-order valence-corrected chi connectivity index (χ0v) is 17.8. The minimum absolute atomic E-state index is 0.0568. The van der Waals surface area contributed by atoms with Gasteiger partial charge in [0.15, 0.2) is 0 Å². The number of ether oxygens (including phenoxy) is 1. The number of furan rings is 1. The lowest BCUT2D eigenvalue weighted by atomic mass is 10.1. The molecular formula is C23H23N5O4. The van der Waals surface area contributed by atoms with Gasteiger partial charge in [0.1, 0.15) is 28.9 Å². The van der Waals surface area contributed by atoms with Crippen LogP contribution in [-0.4, -0.2) is 40.6 Å². The van der Waals surface area contributed by atoms with Gasteiger partial charge < -0.3 is 19.4 Å². The van der Waals surface area contributed by atoms with Crippen LogP contribution in [0.25, 0.3) is 11.7 Å². The molecule has 0 unspecified atom stereocenters. The van der Waals surface area contributed by atoms with Crippen LogP contribution in [0, 0.1) is 11.3 Å². The number of morpholine rings is 1. The molecule has 0 aromatic carbocycles. The Morgan fingerprint density at radius 1 is 1.28 bits per heavy atom. The first kappa shape index (κ1) is 21.3. The maximum Gasteiger partial charge on any atom is 0.267 e. The van der Waals surface area contributed by atoms with Gasteiger partial charge in [-0.1, -0.05) is 6.07 Å². The van der Waals surface area contributed by atoms with E-state index in [1.807, 2.05) is 24.8 Å². The van der Waals surface area contributed by atoms with E-state index in [2.05, 4.69) is 5.32 Å². The van der Waals surface area contributed by atoms with E-state index >= 15 is 0 Å². The Morgan fingerprint density at radius 2 is 2.06 bits per heavy atom. The van der Waals surface area contributed by atoms with Crippen LogP contribution in [0.5, 0.6) is 0 Å². The fourth-order valence-corrected chi connectivity index (χ4v) is 3.78. The quantitative estimate of drug-likeness (QED) is 0.484.